The van der Waals surface area contributed by atoms with Gasteiger partial charge in [-0.25, -0.2) is 14.4 Å². The van der Waals surface area contributed by atoms with Crippen molar-refractivity contribution in [3.8, 4) is 0 Å². The van der Waals surface area contributed by atoms with Gasteiger partial charge in [0.2, 0.25) is 0 Å². The van der Waals surface area contributed by atoms with Crippen LogP contribution >= 0.6 is 95.6 Å². The van der Waals surface area contributed by atoms with Gasteiger partial charge >= 0.3 is 17.1 Å². The molecule has 15 heteroatoms. The Balaban J connectivity index is 3.20. The molecule has 0 saturated carbocycles. The Morgan fingerprint density at radius 1 is 0.556 bits per heavy atom. The lowest BCUT2D eigenvalue weighted by Gasteiger charge is -2.15. The van der Waals surface area contributed by atoms with E-state index >= 15 is 0 Å². The van der Waals surface area contributed by atoms with Crippen LogP contribution in [-0.2, 0) is 0 Å². The summed E-state index contributed by atoms with van der Waals surface area (Å²) in [7, 11) is 0. The second-order valence-corrected chi connectivity index (χ2v) is 15.1. The summed E-state index contributed by atoms with van der Waals surface area (Å²) in [4.78, 5) is 53.0. The van der Waals surface area contributed by atoms with E-state index < -0.39 is 17.1 Å². The summed E-state index contributed by atoms with van der Waals surface area (Å²) < 4.78 is 1.11. The van der Waals surface area contributed by atoms with Crippen molar-refractivity contribution in [1.82, 2.24) is 14.2 Å². The van der Waals surface area contributed by atoms with Crippen molar-refractivity contribution < 1.29 is 14.5 Å². The van der Waals surface area contributed by atoms with Crippen LogP contribution in [0.2, 0.25) is 0 Å². The third kappa shape index (κ3) is 8.93. The van der Waals surface area contributed by atoms with Crippen LogP contribution in [0, 0.1) is 0 Å². The number of rotatable bonds is 12. The predicted octanol–water partition coefficient (Wildman–Crippen LogP) is 1.98. The maximum atomic E-state index is 12.4. The first-order valence-electron chi connectivity index (χ1n) is 7.40. The molecule has 0 aliphatic rings. The maximum Gasteiger partial charge on any atom is 0.403 e. The van der Waals surface area contributed by atoms with Gasteiger partial charge in [0, 0.05) is 19.3 Å². The van der Waals surface area contributed by atoms with E-state index in [1.54, 1.807) is 0 Å². The van der Waals surface area contributed by atoms with Gasteiger partial charge in [0.1, 0.15) is 19.8 Å². The SMILES string of the molecule is O=c1n(OCCC(Br)Br)c(=O)n(OCCC(Br)Br)c(=O)n1OCCC(Br)Br. The van der Waals surface area contributed by atoms with Gasteiger partial charge in [-0.3, -0.25) is 0 Å². The van der Waals surface area contributed by atoms with E-state index in [0.717, 1.165) is 0 Å². The highest BCUT2D eigenvalue weighted by atomic mass is 79.9. The molecule has 156 valence electrons. The van der Waals surface area contributed by atoms with Crippen molar-refractivity contribution in [3.05, 3.63) is 31.5 Å². The Bertz CT molecular complexity index is 631. The molecule has 0 saturated heterocycles. The minimum Gasteiger partial charge on any atom is -0.405 e. The van der Waals surface area contributed by atoms with E-state index in [4.69, 9.17) is 14.5 Å². The zero-order valence-corrected chi connectivity index (χ0v) is 23.0. The molecule has 0 amide bonds. The Labute approximate surface area is 204 Å². The van der Waals surface area contributed by atoms with Crippen molar-refractivity contribution in [2.24, 2.45) is 0 Å². The number of alkyl halides is 6. The Morgan fingerprint density at radius 3 is 0.963 bits per heavy atom. The number of halogens is 6. The average Bonchev–Trinajstić information content (AvgIpc) is 2.56. The second-order valence-electron chi connectivity index (χ2n) is 4.77. The van der Waals surface area contributed by atoms with Gasteiger partial charge < -0.3 is 14.5 Å². The third-order valence-corrected chi connectivity index (χ3v) is 5.46. The lowest BCUT2D eigenvalue weighted by Crippen LogP contribution is -2.59. The molecule has 0 atom stereocenters. The fourth-order valence-corrected chi connectivity index (χ4v) is 2.64. The number of hydrogen-bond acceptors (Lipinski definition) is 6. The molecular formula is C12H15Br6N3O6. The summed E-state index contributed by atoms with van der Waals surface area (Å²) >= 11 is 19.6. The van der Waals surface area contributed by atoms with Gasteiger partial charge in [-0.2, -0.15) is 0 Å². The fraction of sp³-hybridized carbons (Fsp3) is 0.750. The molecule has 0 aliphatic carbocycles. The minimum atomic E-state index is -1.05. The zero-order valence-electron chi connectivity index (χ0n) is 13.5. The lowest BCUT2D eigenvalue weighted by atomic mass is 10.5. The molecule has 0 aromatic carbocycles. The summed E-state index contributed by atoms with van der Waals surface area (Å²) in [6.45, 7) is 0.0960. The van der Waals surface area contributed by atoms with E-state index in [9.17, 15) is 14.4 Å². The molecule has 0 radical (unpaired) electrons. The van der Waals surface area contributed by atoms with Crippen LogP contribution in [0.25, 0.3) is 0 Å². The molecule has 0 bridgehead atoms. The highest BCUT2D eigenvalue weighted by molar-refractivity contribution is 9.25. The van der Waals surface area contributed by atoms with Crippen LogP contribution in [0.4, 0.5) is 0 Å². The second kappa shape index (κ2) is 13.1. The van der Waals surface area contributed by atoms with Crippen LogP contribution in [0.1, 0.15) is 19.3 Å². The van der Waals surface area contributed by atoms with Crippen LogP contribution in [0.15, 0.2) is 14.4 Å². The first-order chi connectivity index (χ1) is 12.6. The lowest BCUT2D eigenvalue weighted by molar-refractivity contribution is -0.0103. The summed E-state index contributed by atoms with van der Waals surface area (Å²) in [5, 5.41) is 0. The molecule has 9 nitrogen and oxygen atoms in total. The van der Waals surface area contributed by atoms with Crippen molar-refractivity contribution in [2.75, 3.05) is 19.8 Å². The van der Waals surface area contributed by atoms with E-state index in [2.05, 4.69) is 95.6 Å². The highest BCUT2D eigenvalue weighted by Crippen LogP contribution is 2.12. The summed E-state index contributed by atoms with van der Waals surface area (Å²) in [5.41, 5.74) is -3.15. The summed E-state index contributed by atoms with van der Waals surface area (Å²) in [6, 6.07) is 0. The van der Waals surface area contributed by atoms with Crippen molar-refractivity contribution in [2.45, 2.75) is 30.5 Å². The number of nitrogens with zero attached hydrogens (tertiary/aromatic N) is 3. The molecule has 0 N–H and O–H groups in total. The van der Waals surface area contributed by atoms with E-state index in [1.165, 1.54) is 0 Å². The molecular weight excluding hydrogens is 762 g/mol. The molecule has 27 heavy (non-hydrogen) atoms. The summed E-state index contributed by atoms with van der Waals surface area (Å²) in [5.74, 6) is 0. The molecule has 0 fully saturated rings. The van der Waals surface area contributed by atoms with Crippen molar-refractivity contribution in [3.63, 3.8) is 0 Å². The molecule has 0 unspecified atom stereocenters. The average molecular weight is 777 g/mol. The first kappa shape index (κ1) is 25.7. The van der Waals surface area contributed by atoms with Gasteiger partial charge in [-0.1, -0.05) is 110 Å². The first-order valence-corrected chi connectivity index (χ1v) is 12.9. The normalized spacial score (nSPS) is 11.4. The van der Waals surface area contributed by atoms with E-state index in [-0.39, 0.29) is 31.0 Å². The van der Waals surface area contributed by atoms with Crippen LogP contribution in [0.5, 0.6) is 0 Å². The van der Waals surface area contributed by atoms with E-state index in [1.807, 2.05) is 0 Å². The molecule has 1 rings (SSSR count). The highest BCUT2D eigenvalue weighted by Gasteiger charge is 2.19. The minimum absolute atomic E-state index is 0.0320. The van der Waals surface area contributed by atoms with Gasteiger partial charge in [-0.05, 0) is 0 Å². The van der Waals surface area contributed by atoms with Gasteiger partial charge in [0.25, 0.3) is 0 Å². The van der Waals surface area contributed by atoms with Crippen LogP contribution < -0.4 is 31.6 Å². The third-order valence-electron chi connectivity index (χ3n) is 2.71. The Hall–Kier alpha value is 0.690. The standard InChI is InChI=1S/C12H15Br6N3O6/c13-7(14)1-4-25-19-10(22)20(26-5-2-8(15)16)12(24)21(11(19)23)27-6-3-9(17)18/h7-9H,1-6H2. The van der Waals surface area contributed by atoms with Gasteiger partial charge in [0.15, 0.2) is 0 Å². The van der Waals surface area contributed by atoms with Gasteiger partial charge in [0.05, 0.1) is 11.2 Å². The largest absolute Gasteiger partial charge is 0.405 e. The predicted molar refractivity (Wildman–Crippen MR) is 122 cm³/mol. The molecule has 0 aliphatic heterocycles. The smallest absolute Gasteiger partial charge is 0.403 e. The van der Waals surface area contributed by atoms with Crippen molar-refractivity contribution in [1.29, 1.82) is 0 Å². The molecule has 1 heterocycles. The monoisotopic (exact) mass is 771 g/mol. The number of aromatic nitrogens is 3. The maximum absolute atomic E-state index is 12.4. The Morgan fingerprint density at radius 2 is 0.778 bits per heavy atom. The van der Waals surface area contributed by atoms with Crippen molar-refractivity contribution >= 4 is 95.6 Å². The topological polar surface area (TPSA) is 93.7 Å². The molecule has 1 aromatic rings. The summed E-state index contributed by atoms with van der Waals surface area (Å²) in [6.07, 6.45) is 1.36. The molecule has 1 aromatic heterocycles. The van der Waals surface area contributed by atoms with Crippen LogP contribution in [-0.4, -0.2) is 45.2 Å². The quantitative estimate of drug-likeness (QED) is 0.302. The van der Waals surface area contributed by atoms with Crippen LogP contribution in [0.3, 0.4) is 0 Å². The molecule has 0 spiro atoms. The number of hydrogen-bond donors (Lipinski definition) is 0. The fourth-order valence-electron chi connectivity index (χ4n) is 1.52. The van der Waals surface area contributed by atoms with Gasteiger partial charge in [-0.15, -0.1) is 0 Å². The zero-order chi connectivity index (χ0) is 20.6. The van der Waals surface area contributed by atoms with E-state index in [0.29, 0.717) is 33.5 Å². The Kier molecular flexibility index (Phi) is 12.5.